The second kappa shape index (κ2) is 7.39. The normalized spacial score (nSPS) is 17.8. The maximum atomic E-state index is 13.1. The van der Waals surface area contributed by atoms with Crippen LogP contribution in [-0.2, 0) is 0 Å². The number of halogens is 1. The minimum Gasteiger partial charge on any atom is -0.396 e. The van der Waals surface area contributed by atoms with Gasteiger partial charge in [-0.25, -0.2) is 4.98 Å². The van der Waals surface area contributed by atoms with Crippen molar-refractivity contribution in [1.82, 2.24) is 14.3 Å². The zero-order chi connectivity index (χ0) is 18.1. The number of amides is 1. The molecule has 0 unspecified atom stereocenters. The molecular formula is C19H20ClN3O2S. The SMILES string of the molecule is O=C(c1csc2nc(-c3ccc(Cl)cc3)cn12)N1CCCC[C@@H]1CCO. The number of carbonyl (C=O) groups excluding carboxylic acids is 1. The second-order valence-electron chi connectivity index (χ2n) is 6.57. The Labute approximate surface area is 160 Å². The predicted molar refractivity (Wildman–Crippen MR) is 104 cm³/mol. The van der Waals surface area contributed by atoms with E-state index in [-0.39, 0.29) is 18.6 Å². The first-order valence-electron chi connectivity index (χ1n) is 8.82. The Balaban J connectivity index is 1.66. The van der Waals surface area contributed by atoms with E-state index in [0.717, 1.165) is 42.0 Å². The van der Waals surface area contributed by atoms with Gasteiger partial charge in [-0.15, -0.1) is 11.3 Å². The van der Waals surface area contributed by atoms with Crippen molar-refractivity contribution in [2.24, 2.45) is 0 Å². The van der Waals surface area contributed by atoms with E-state index in [1.54, 1.807) is 0 Å². The summed E-state index contributed by atoms with van der Waals surface area (Å²) in [5, 5.41) is 11.9. The second-order valence-corrected chi connectivity index (χ2v) is 7.84. The van der Waals surface area contributed by atoms with Gasteiger partial charge in [-0.3, -0.25) is 9.20 Å². The topological polar surface area (TPSA) is 57.8 Å². The third-order valence-electron chi connectivity index (χ3n) is 4.92. The van der Waals surface area contributed by atoms with Gasteiger partial charge in [0.15, 0.2) is 4.96 Å². The summed E-state index contributed by atoms with van der Waals surface area (Å²) in [6.07, 6.45) is 5.63. The van der Waals surface area contributed by atoms with E-state index >= 15 is 0 Å². The summed E-state index contributed by atoms with van der Waals surface area (Å²) in [7, 11) is 0. The van der Waals surface area contributed by atoms with Gasteiger partial charge in [0.25, 0.3) is 5.91 Å². The van der Waals surface area contributed by atoms with Gasteiger partial charge in [0, 0.05) is 41.4 Å². The van der Waals surface area contributed by atoms with E-state index in [9.17, 15) is 9.90 Å². The lowest BCUT2D eigenvalue weighted by Crippen LogP contribution is -2.44. The largest absolute Gasteiger partial charge is 0.396 e. The lowest BCUT2D eigenvalue weighted by molar-refractivity contribution is 0.0568. The molecule has 1 fully saturated rings. The van der Waals surface area contributed by atoms with Gasteiger partial charge >= 0.3 is 0 Å². The maximum absolute atomic E-state index is 13.1. The molecule has 0 saturated carbocycles. The van der Waals surface area contributed by atoms with Crippen molar-refractivity contribution >= 4 is 33.8 Å². The van der Waals surface area contributed by atoms with Crippen molar-refractivity contribution in [2.75, 3.05) is 13.2 Å². The quantitative estimate of drug-likeness (QED) is 0.731. The Morgan fingerprint density at radius 1 is 1.31 bits per heavy atom. The highest BCUT2D eigenvalue weighted by molar-refractivity contribution is 7.15. The number of benzene rings is 1. The van der Waals surface area contributed by atoms with Gasteiger partial charge in [-0.1, -0.05) is 23.7 Å². The van der Waals surface area contributed by atoms with Crippen LogP contribution in [0, 0.1) is 0 Å². The first kappa shape index (κ1) is 17.5. The molecule has 3 heterocycles. The minimum absolute atomic E-state index is 0.0226. The average Bonchev–Trinajstić information content (AvgIpc) is 3.23. The zero-order valence-corrected chi connectivity index (χ0v) is 15.8. The van der Waals surface area contributed by atoms with Crippen molar-refractivity contribution in [3.8, 4) is 11.3 Å². The minimum atomic E-state index is 0.0226. The number of hydrogen-bond acceptors (Lipinski definition) is 4. The van der Waals surface area contributed by atoms with Crippen LogP contribution in [0.5, 0.6) is 0 Å². The Morgan fingerprint density at radius 3 is 2.88 bits per heavy atom. The van der Waals surface area contributed by atoms with Crippen LogP contribution in [-0.4, -0.2) is 44.5 Å². The number of rotatable bonds is 4. The van der Waals surface area contributed by atoms with E-state index in [1.165, 1.54) is 11.3 Å². The molecule has 1 saturated heterocycles. The number of hydrogen-bond donors (Lipinski definition) is 1. The number of aliphatic hydroxyl groups excluding tert-OH is 1. The molecule has 1 aliphatic heterocycles. The number of likely N-dealkylation sites (tertiary alicyclic amines) is 1. The van der Waals surface area contributed by atoms with Gasteiger partial charge in [-0.2, -0.15) is 0 Å². The van der Waals surface area contributed by atoms with Crippen LogP contribution in [0.2, 0.25) is 5.02 Å². The van der Waals surface area contributed by atoms with Crippen LogP contribution in [0.3, 0.4) is 0 Å². The van der Waals surface area contributed by atoms with Crippen molar-refractivity contribution in [1.29, 1.82) is 0 Å². The third kappa shape index (κ3) is 3.24. The van der Waals surface area contributed by atoms with Crippen molar-refractivity contribution < 1.29 is 9.90 Å². The number of fused-ring (bicyclic) bond motifs is 1. The van der Waals surface area contributed by atoms with Crippen LogP contribution in [0.1, 0.15) is 36.2 Å². The molecule has 0 spiro atoms. The molecule has 2 aromatic heterocycles. The molecule has 5 nitrogen and oxygen atoms in total. The number of aromatic nitrogens is 2. The molecule has 26 heavy (non-hydrogen) atoms. The Bertz CT molecular complexity index is 917. The smallest absolute Gasteiger partial charge is 0.271 e. The highest BCUT2D eigenvalue weighted by atomic mass is 35.5. The van der Waals surface area contributed by atoms with Gasteiger partial charge < -0.3 is 10.0 Å². The molecule has 1 amide bonds. The van der Waals surface area contributed by atoms with E-state index in [1.807, 2.05) is 45.1 Å². The van der Waals surface area contributed by atoms with E-state index in [0.29, 0.717) is 17.1 Å². The molecule has 136 valence electrons. The van der Waals surface area contributed by atoms with Gasteiger partial charge in [-0.05, 0) is 37.8 Å². The van der Waals surface area contributed by atoms with E-state index < -0.39 is 0 Å². The number of thiazole rings is 1. The number of aliphatic hydroxyl groups is 1. The molecular weight excluding hydrogens is 370 g/mol. The zero-order valence-electron chi connectivity index (χ0n) is 14.3. The first-order chi connectivity index (χ1) is 12.7. The summed E-state index contributed by atoms with van der Waals surface area (Å²) in [5.41, 5.74) is 2.44. The summed E-state index contributed by atoms with van der Waals surface area (Å²) in [6, 6.07) is 7.65. The van der Waals surface area contributed by atoms with E-state index in [2.05, 4.69) is 4.98 Å². The molecule has 7 heteroatoms. The molecule has 0 bridgehead atoms. The lowest BCUT2D eigenvalue weighted by Gasteiger charge is -2.35. The molecule has 1 N–H and O–H groups in total. The summed E-state index contributed by atoms with van der Waals surface area (Å²) < 4.78 is 1.88. The number of imidazole rings is 1. The first-order valence-corrected chi connectivity index (χ1v) is 10.1. The number of nitrogens with zero attached hydrogens (tertiary/aromatic N) is 3. The van der Waals surface area contributed by atoms with Crippen molar-refractivity contribution in [3.63, 3.8) is 0 Å². The molecule has 1 aromatic carbocycles. The number of piperidine rings is 1. The van der Waals surface area contributed by atoms with Gasteiger partial charge in [0.05, 0.1) is 5.69 Å². The van der Waals surface area contributed by atoms with Gasteiger partial charge in [0.1, 0.15) is 5.69 Å². The highest BCUT2D eigenvalue weighted by Crippen LogP contribution is 2.27. The molecule has 1 atom stereocenters. The molecule has 3 aromatic rings. The van der Waals surface area contributed by atoms with Crippen molar-refractivity contribution in [2.45, 2.75) is 31.7 Å². The Morgan fingerprint density at radius 2 is 2.12 bits per heavy atom. The lowest BCUT2D eigenvalue weighted by atomic mass is 9.99. The highest BCUT2D eigenvalue weighted by Gasteiger charge is 2.29. The fourth-order valence-corrected chi connectivity index (χ4v) is 4.53. The molecule has 1 aliphatic rings. The summed E-state index contributed by atoms with van der Waals surface area (Å²) in [4.78, 5) is 20.5. The standard InChI is InChI=1S/C19H20ClN3O2S/c20-14-6-4-13(5-7-14)16-11-23-17(12-26-19(23)21-16)18(25)22-9-2-1-3-15(22)8-10-24/h4-7,11-12,15,24H,1-3,8-10H2/t15-/m1/s1. The molecule has 4 rings (SSSR count). The van der Waals surface area contributed by atoms with Crippen LogP contribution in [0.15, 0.2) is 35.8 Å². The monoisotopic (exact) mass is 389 g/mol. The van der Waals surface area contributed by atoms with Gasteiger partial charge in [0.2, 0.25) is 0 Å². The summed E-state index contributed by atoms with van der Waals surface area (Å²) in [5.74, 6) is 0.0226. The fourth-order valence-electron chi connectivity index (χ4n) is 3.56. The predicted octanol–water partition coefficient (Wildman–Crippen LogP) is 4.09. The average molecular weight is 390 g/mol. The Kier molecular flexibility index (Phi) is 4.98. The van der Waals surface area contributed by atoms with Crippen molar-refractivity contribution in [3.05, 3.63) is 46.6 Å². The van der Waals surface area contributed by atoms with Crippen LogP contribution < -0.4 is 0 Å². The Hall–Kier alpha value is -1.89. The van der Waals surface area contributed by atoms with Crippen LogP contribution in [0.4, 0.5) is 0 Å². The fraction of sp³-hybridized carbons (Fsp3) is 0.368. The molecule has 0 radical (unpaired) electrons. The molecule has 0 aliphatic carbocycles. The summed E-state index contributed by atoms with van der Waals surface area (Å²) in [6.45, 7) is 0.860. The van der Waals surface area contributed by atoms with Crippen LogP contribution >= 0.6 is 22.9 Å². The summed E-state index contributed by atoms with van der Waals surface area (Å²) >= 11 is 7.43. The van der Waals surface area contributed by atoms with E-state index in [4.69, 9.17) is 11.6 Å². The number of carbonyl (C=O) groups is 1. The third-order valence-corrected chi connectivity index (χ3v) is 6.01. The van der Waals surface area contributed by atoms with Crippen LogP contribution in [0.25, 0.3) is 16.2 Å². The maximum Gasteiger partial charge on any atom is 0.271 e.